The SMILES string of the molecule is CC(C)(C)n1ccc(C(=O)NCC2CCCO2)c1. The van der Waals surface area contributed by atoms with E-state index in [1.807, 2.05) is 23.0 Å². The van der Waals surface area contributed by atoms with Gasteiger partial charge in [-0.15, -0.1) is 0 Å². The monoisotopic (exact) mass is 250 g/mol. The zero-order valence-electron chi connectivity index (χ0n) is 11.4. The van der Waals surface area contributed by atoms with Gasteiger partial charge in [0.1, 0.15) is 0 Å². The van der Waals surface area contributed by atoms with Crippen molar-refractivity contribution in [2.24, 2.45) is 0 Å². The predicted octanol–water partition coefficient (Wildman–Crippen LogP) is 2.15. The van der Waals surface area contributed by atoms with Gasteiger partial charge in [-0.05, 0) is 39.7 Å². The minimum absolute atomic E-state index is 0.00704. The van der Waals surface area contributed by atoms with E-state index in [-0.39, 0.29) is 17.6 Å². The molecule has 1 fully saturated rings. The number of nitrogens with one attached hydrogen (secondary N) is 1. The van der Waals surface area contributed by atoms with Crippen LogP contribution in [0.2, 0.25) is 0 Å². The normalized spacial score (nSPS) is 20.1. The van der Waals surface area contributed by atoms with Gasteiger partial charge in [-0.1, -0.05) is 0 Å². The maximum absolute atomic E-state index is 12.0. The van der Waals surface area contributed by atoms with E-state index in [1.54, 1.807) is 0 Å². The third kappa shape index (κ3) is 3.13. The second kappa shape index (κ2) is 5.14. The van der Waals surface area contributed by atoms with Crippen LogP contribution in [0.15, 0.2) is 18.5 Å². The van der Waals surface area contributed by atoms with Gasteiger partial charge >= 0.3 is 0 Å². The van der Waals surface area contributed by atoms with E-state index in [2.05, 4.69) is 26.1 Å². The number of hydrogen-bond donors (Lipinski definition) is 1. The van der Waals surface area contributed by atoms with E-state index in [0.29, 0.717) is 12.1 Å². The van der Waals surface area contributed by atoms with Gasteiger partial charge in [0.2, 0.25) is 0 Å². The van der Waals surface area contributed by atoms with E-state index < -0.39 is 0 Å². The molecule has 1 aliphatic rings. The Kier molecular flexibility index (Phi) is 3.76. The van der Waals surface area contributed by atoms with Crippen LogP contribution >= 0.6 is 0 Å². The van der Waals surface area contributed by atoms with E-state index in [0.717, 1.165) is 19.4 Å². The highest BCUT2D eigenvalue weighted by Gasteiger charge is 2.18. The van der Waals surface area contributed by atoms with Gasteiger partial charge in [0.05, 0.1) is 11.7 Å². The van der Waals surface area contributed by atoms with Gasteiger partial charge in [0.15, 0.2) is 0 Å². The third-order valence-electron chi connectivity index (χ3n) is 3.24. The first-order valence-electron chi connectivity index (χ1n) is 6.55. The molecule has 1 N–H and O–H groups in total. The molecule has 0 spiro atoms. The summed E-state index contributed by atoms with van der Waals surface area (Å²) in [5.41, 5.74) is 0.718. The Labute approximate surface area is 108 Å². The van der Waals surface area contributed by atoms with Crippen molar-refractivity contribution in [3.63, 3.8) is 0 Å². The number of aromatic nitrogens is 1. The number of carbonyl (C=O) groups excluding carboxylic acids is 1. The molecule has 1 atom stereocenters. The summed E-state index contributed by atoms with van der Waals surface area (Å²) in [6, 6.07) is 1.86. The van der Waals surface area contributed by atoms with E-state index >= 15 is 0 Å². The van der Waals surface area contributed by atoms with Crippen molar-refractivity contribution in [2.75, 3.05) is 13.2 Å². The molecule has 0 bridgehead atoms. The number of ether oxygens (including phenoxy) is 1. The summed E-state index contributed by atoms with van der Waals surface area (Å²) in [6.07, 6.45) is 6.18. The standard InChI is InChI=1S/C14H22N2O2/c1-14(2,3)16-7-6-11(10-16)13(17)15-9-12-5-4-8-18-12/h6-7,10,12H,4-5,8-9H2,1-3H3,(H,15,17). The molecule has 0 aromatic carbocycles. The summed E-state index contributed by atoms with van der Waals surface area (Å²) >= 11 is 0. The van der Waals surface area contributed by atoms with Gasteiger partial charge in [-0.2, -0.15) is 0 Å². The zero-order chi connectivity index (χ0) is 13.2. The van der Waals surface area contributed by atoms with Crippen LogP contribution in [-0.4, -0.2) is 29.7 Å². The van der Waals surface area contributed by atoms with Gasteiger partial charge in [0.25, 0.3) is 5.91 Å². The quantitative estimate of drug-likeness (QED) is 0.893. The highest BCUT2D eigenvalue weighted by atomic mass is 16.5. The Bertz CT molecular complexity index is 412. The molecule has 0 radical (unpaired) electrons. The number of hydrogen-bond acceptors (Lipinski definition) is 2. The lowest BCUT2D eigenvalue weighted by Gasteiger charge is -2.20. The van der Waals surface area contributed by atoms with E-state index in [4.69, 9.17) is 4.74 Å². The summed E-state index contributed by atoms with van der Waals surface area (Å²) in [6.45, 7) is 7.77. The van der Waals surface area contributed by atoms with Crippen molar-refractivity contribution in [1.82, 2.24) is 9.88 Å². The molecule has 1 aliphatic heterocycles. The maximum Gasteiger partial charge on any atom is 0.252 e. The Balaban J connectivity index is 1.90. The first kappa shape index (κ1) is 13.1. The molecule has 4 nitrogen and oxygen atoms in total. The molecule has 100 valence electrons. The van der Waals surface area contributed by atoms with Crippen molar-refractivity contribution in [3.8, 4) is 0 Å². The molecule has 18 heavy (non-hydrogen) atoms. The van der Waals surface area contributed by atoms with Crippen molar-refractivity contribution in [3.05, 3.63) is 24.0 Å². The summed E-state index contributed by atoms with van der Waals surface area (Å²) in [5, 5.41) is 2.93. The van der Waals surface area contributed by atoms with Crippen molar-refractivity contribution in [2.45, 2.75) is 45.3 Å². The summed E-state index contributed by atoms with van der Waals surface area (Å²) in [5.74, 6) is -0.0199. The second-order valence-electron chi connectivity index (χ2n) is 5.82. The van der Waals surface area contributed by atoms with Crippen molar-refractivity contribution >= 4 is 5.91 Å². The van der Waals surface area contributed by atoms with Crippen LogP contribution in [0.5, 0.6) is 0 Å². The fraction of sp³-hybridized carbons (Fsp3) is 0.643. The molecule has 1 saturated heterocycles. The van der Waals surface area contributed by atoms with Gasteiger partial charge in [-0.25, -0.2) is 0 Å². The largest absolute Gasteiger partial charge is 0.376 e. The molecule has 1 aromatic heterocycles. The van der Waals surface area contributed by atoms with Crippen LogP contribution in [0, 0.1) is 0 Å². The lowest BCUT2D eigenvalue weighted by atomic mass is 10.1. The molecular formula is C14H22N2O2. The van der Waals surface area contributed by atoms with Gasteiger partial charge in [-0.3, -0.25) is 4.79 Å². The Morgan fingerprint density at radius 2 is 2.33 bits per heavy atom. The second-order valence-corrected chi connectivity index (χ2v) is 5.82. The summed E-state index contributed by atoms with van der Waals surface area (Å²) < 4.78 is 7.53. The van der Waals surface area contributed by atoms with Gasteiger partial charge < -0.3 is 14.6 Å². The molecule has 1 aromatic rings. The van der Waals surface area contributed by atoms with E-state index in [1.165, 1.54) is 0 Å². The number of carbonyl (C=O) groups is 1. The zero-order valence-corrected chi connectivity index (χ0v) is 11.4. The fourth-order valence-corrected chi connectivity index (χ4v) is 2.06. The molecule has 1 unspecified atom stereocenters. The van der Waals surface area contributed by atoms with E-state index in [9.17, 15) is 4.79 Å². The molecule has 2 heterocycles. The van der Waals surface area contributed by atoms with Crippen molar-refractivity contribution in [1.29, 1.82) is 0 Å². The molecule has 0 saturated carbocycles. The molecular weight excluding hydrogens is 228 g/mol. The lowest BCUT2D eigenvalue weighted by Crippen LogP contribution is -2.31. The van der Waals surface area contributed by atoms with Crippen LogP contribution < -0.4 is 5.32 Å². The molecule has 2 rings (SSSR count). The van der Waals surface area contributed by atoms with Crippen LogP contribution in [0.25, 0.3) is 0 Å². The average molecular weight is 250 g/mol. The average Bonchev–Trinajstić information content (AvgIpc) is 2.96. The van der Waals surface area contributed by atoms with Crippen LogP contribution in [0.4, 0.5) is 0 Å². The summed E-state index contributed by atoms with van der Waals surface area (Å²) in [7, 11) is 0. The Morgan fingerprint density at radius 1 is 1.56 bits per heavy atom. The van der Waals surface area contributed by atoms with Crippen LogP contribution in [-0.2, 0) is 10.3 Å². The maximum atomic E-state index is 12.0. The van der Waals surface area contributed by atoms with Gasteiger partial charge in [0, 0.05) is 31.1 Å². The topological polar surface area (TPSA) is 43.3 Å². The lowest BCUT2D eigenvalue weighted by molar-refractivity contribution is 0.0857. The molecule has 4 heteroatoms. The first-order chi connectivity index (χ1) is 8.47. The number of amides is 1. The summed E-state index contributed by atoms with van der Waals surface area (Å²) in [4.78, 5) is 12.0. The highest BCUT2D eigenvalue weighted by molar-refractivity contribution is 5.94. The fourth-order valence-electron chi connectivity index (χ4n) is 2.06. The smallest absolute Gasteiger partial charge is 0.252 e. The molecule has 0 aliphatic carbocycles. The predicted molar refractivity (Wildman–Crippen MR) is 70.7 cm³/mol. The van der Waals surface area contributed by atoms with Crippen LogP contribution in [0.3, 0.4) is 0 Å². The first-order valence-corrected chi connectivity index (χ1v) is 6.55. The Hall–Kier alpha value is -1.29. The highest BCUT2D eigenvalue weighted by Crippen LogP contribution is 2.16. The minimum atomic E-state index is -0.0199. The van der Waals surface area contributed by atoms with Crippen LogP contribution in [0.1, 0.15) is 44.0 Å². The Morgan fingerprint density at radius 3 is 2.89 bits per heavy atom. The molecule has 1 amide bonds. The van der Waals surface area contributed by atoms with Crippen molar-refractivity contribution < 1.29 is 9.53 Å². The number of nitrogens with zero attached hydrogens (tertiary/aromatic N) is 1. The number of rotatable bonds is 3. The third-order valence-corrected chi connectivity index (χ3v) is 3.24. The minimum Gasteiger partial charge on any atom is -0.376 e.